The Morgan fingerprint density at radius 2 is 1.59 bits per heavy atom. The van der Waals surface area contributed by atoms with Crippen LogP contribution in [0.15, 0.2) is 30.3 Å². The summed E-state index contributed by atoms with van der Waals surface area (Å²) in [5.74, 6) is -0.223. The molecule has 1 saturated heterocycles. The van der Waals surface area contributed by atoms with Gasteiger partial charge in [0.2, 0.25) is 0 Å². The molecule has 168 valence electrons. The summed E-state index contributed by atoms with van der Waals surface area (Å²) >= 11 is 19.0. The van der Waals surface area contributed by atoms with Gasteiger partial charge in [-0.1, -0.05) is 41.2 Å². The summed E-state index contributed by atoms with van der Waals surface area (Å²) in [6.45, 7) is 7.61. The van der Waals surface area contributed by atoms with Gasteiger partial charge in [-0.05, 0) is 75.1 Å². The van der Waals surface area contributed by atoms with Crippen molar-refractivity contribution in [2.75, 3.05) is 13.1 Å². The average Bonchev–Trinajstić information content (AvgIpc) is 3.05. The maximum Gasteiger partial charge on any atom is 0.286 e. The number of rotatable bonds is 4. The number of piperidine rings is 1. The van der Waals surface area contributed by atoms with Gasteiger partial charge in [0, 0.05) is 34.3 Å². The Hall–Kier alpha value is -2.05. The topological polar surface area (TPSA) is 50.2 Å². The lowest BCUT2D eigenvalue weighted by atomic mass is 9.96. The average molecular weight is 492 g/mol. The number of hydrogen-bond acceptors (Lipinski definition) is 3. The highest BCUT2D eigenvalue weighted by Gasteiger charge is 2.26. The number of nitrogens with zero attached hydrogens (tertiary/aromatic N) is 3. The van der Waals surface area contributed by atoms with Crippen LogP contribution in [0.25, 0.3) is 16.9 Å². The Kier molecular flexibility index (Phi) is 6.82. The van der Waals surface area contributed by atoms with E-state index < -0.39 is 0 Å². The number of aromatic nitrogens is 2. The highest BCUT2D eigenvalue weighted by atomic mass is 35.5. The second-order valence-corrected chi connectivity index (χ2v) is 9.51. The molecule has 0 aliphatic carbocycles. The summed E-state index contributed by atoms with van der Waals surface area (Å²) in [5.41, 5.74) is 8.59. The Morgan fingerprint density at radius 1 is 0.938 bits per heavy atom. The molecule has 0 radical (unpaired) electrons. The van der Waals surface area contributed by atoms with E-state index in [9.17, 15) is 4.79 Å². The molecule has 0 bridgehead atoms. The first-order valence-electron chi connectivity index (χ1n) is 10.6. The lowest BCUT2D eigenvalue weighted by Crippen LogP contribution is -2.45. The molecule has 0 unspecified atom stereocenters. The lowest BCUT2D eigenvalue weighted by molar-refractivity contribution is 0.0743. The van der Waals surface area contributed by atoms with E-state index in [1.165, 1.54) is 6.42 Å². The van der Waals surface area contributed by atoms with Crippen LogP contribution in [0.1, 0.15) is 46.4 Å². The van der Waals surface area contributed by atoms with E-state index in [1.807, 2.05) is 44.0 Å². The summed E-state index contributed by atoms with van der Waals surface area (Å²) in [4.78, 5) is 13.2. The molecule has 2 heterocycles. The first kappa shape index (κ1) is 23.1. The van der Waals surface area contributed by atoms with Crippen LogP contribution in [0.4, 0.5) is 0 Å². The van der Waals surface area contributed by atoms with E-state index in [1.54, 1.807) is 16.8 Å². The fraction of sp³-hybridized carbons (Fsp3) is 0.333. The van der Waals surface area contributed by atoms with E-state index in [0.29, 0.717) is 26.4 Å². The van der Waals surface area contributed by atoms with Crippen LogP contribution in [-0.2, 0) is 0 Å². The molecule has 1 aliphatic heterocycles. The lowest BCUT2D eigenvalue weighted by Gasteiger charge is -2.26. The third kappa shape index (κ3) is 4.53. The largest absolute Gasteiger partial charge is 0.286 e. The van der Waals surface area contributed by atoms with Gasteiger partial charge in [0.1, 0.15) is 0 Å². The number of carbonyl (C=O) groups excluding carboxylic acids is 1. The van der Waals surface area contributed by atoms with Gasteiger partial charge in [0.25, 0.3) is 5.91 Å². The summed E-state index contributed by atoms with van der Waals surface area (Å²) in [7, 11) is 0. The summed E-state index contributed by atoms with van der Waals surface area (Å²) in [6.07, 6.45) is 3.33. The maximum atomic E-state index is 13.2. The van der Waals surface area contributed by atoms with Crippen LogP contribution in [0.3, 0.4) is 0 Å². The minimum absolute atomic E-state index is 0.223. The van der Waals surface area contributed by atoms with Crippen molar-refractivity contribution < 1.29 is 4.79 Å². The van der Waals surface area contributed by atoms with Gasteiger partial charge in [0.05, 0.1) is 16.4 Å². The molecule has 4 rings (SSSR count). The molecule has 1 N–H and O–H groups in total. The second-order valence-electron chi connectivity index (χ2n) is 8.23. The highest BCUT2D eigenvalue weighted by Crippen LogP contribution is 2.37. The van der Waals surface area contributed by atoms with Crippen molar-refractivity contribution in [3.8, 4) is 16.9 Å². The van der Waals surface area contributed by atoms with E-state index >= 15 is 0 Å². The van der Waals surface area contributed by atoms with Crippen LogP contribution < -0.4 is 5.43 Å². The molecule has 1 aromatic heterocycles. The summed E-state index contributed by atoms with van der Waals surface area (Å²) < 4.78 is 1.74. The zero-order valence-electron chi connectivity index (χ0n) is 18.3. The highest BCUT2D eigenvalue weighted by molar-refractivity contribution is 6.35. The van der Waals surface area contributed by atoms with Crippen LogP contribution in [0, 0.1) is 20.8 Å². The number of benzene rings is 2. The summed E-state index contributed by atoms with van der Waals surface area (Å²) in [6, 6.07) is 9.08. The Balaban J connectivity index is 1.88. The second kappa shape index (κ2) is 9.44. The fourth-order valence-corrected chi connectivity index (χ4v) is 5.13. The molecule has 1 aliphatic rings. The van der Waals surface area contributed by atoms with Crippen molar-refractivity contribution in [1.29, 1.82) is 0 Å². The van der Waals surface area contributed by atoms with E-state index in [-0.39, 0.29) is 5.91 Å². The molecule has 0 saturated carbocycles. The van der Waals surface area contributed by atoms with E-state index in [2.05, 4.69) is 5.43 Å². The van der Waals surface area contributed by atoms with Gasteiger partial charge in [0.15, 0.2) is 5.69 Å². The van der Waals surface area contributed by atoms with Gasteiger partial charge in [-0.2, -0.15) is 5.10 Å². The molecule has 5 nitrogen and oxygen atoms in total. The Bertz CT molecular complexity index is 1160. The van der Waals surface area contributed by atoms with E-state index in [4.69, 9.17) is 39.9 Å². The van der Waals surface area contributed by atoms with Crippen LogP contribution in [-0.4, -0.2) is 33.8 Å². The number of nitrogens with one attached hydrogen (secondary N) is 1. The smallest absolute Gasteiger partial charge is 0.283 e. The number of carbonyl (C=O) groups is 1. The van der Waals surface area contributed by atoms with Crippen LogP contribution in [0.5, 0.6) is 0 Å². The first-order valence-corrected chi connectivity index (χ1v) is 11.8. The minimum atomic E-state index is -0.223. The van der Waals surface area contributed by atoms with Crippen LogP contribution >= 0.6 is 34.8 Å². The molecular weight excluding hydrogens is 467 g/mol. The first-order chi connectivity index (χ1) is 15.3. The number of hydrogen-bond donors (Lipinski definition) is 1. The zero-order chi connectivity index (χ0) is 23.0. The van der Waals surface area contributed by atoms with Gasteiger partial charge >= 0.3 is 0 Å². The van der Waals surface area contributed by atoms with Crippen molar-refractivity contribution >= 4 is 40.7 Å². The normalized spacial score (nSPS) is 14.6. The van der Waals surface area contributed by atoms with Gasteiger partial charge < -0.3 is 0 Å². The SMILES string of the molecule is Cc1cc(Cl)cc(C)c1-c1c(C)c(C(=O)NN2CCCCC2)nn1-c1ccc(Cl)cc1Cl. The maximum absolute atomic E-state index is 13.2. The molecule has 8 heteroatoms. The predicted octanol–water partition coefficient (Wildman–Crippen LogP) is 6.56. The van der Waals surface area contributed by atoms with Gasteiger partial charge in [-0.3, -0.25) is 10.2 Å². The molecule has 3 aromatic rings. The van der Waals surface area contributed by atoms with Crippen molar-refractivity contribution in [2.45, 2.75) is 40.0 Å². The molecular formula is C24H25Cl3N4O. The molecule has 1 fully saturated rings. The predicted molar refractivity (Wildman–Crippen MR) is 131 cm³/mol. The molecule has 0 spiro atoms. The van der Waals surface area contributed by atoms with E-state index in [0.717, 1.165) is 53.9 Å². The van der Waals surface area contributed by atoms with Gasteiger partial charge in [-0.25, -0.2) is 9.69 Å². The monoisotopic (exact) mass is 490 g/mol. The number of halogens is 3. The summed E-state index contributed by atoms with van der Waals surface area (Å²) in [5, 5.41) is 8.36. The van der Waals surface area contributed by atoms with Crippen molar-refractivity contribution in [2.24, 2.45) is 0 Å². The standard InChI is InChI=1S/C24H25Cl3N4O/c1-14-11-18(26)12-15(2)21(14)23-16(3)22(24(32)29-30-9-5-4-6-10-30)28-31(23)20-8-7-17(25)13-19(20)27/h7-8,11-13H,4-6,9-10H2,1-3H3,(H,29,32). The van der Waals surface area contributed by atoms with Gasteiger partial charge in [-0.15, -0.1) is 0 Å². The van der Waals surface area contributed by atoms with Crippen molar-refractivity contribution in [3.05, 3.63) is 67.8 Å². The Labute approximate surface area is 203 Å². The fourth-order valence-electron chi connectivity index (χ4n) is 4.32. The number of hydrazine groups is 1. The molecule has 1 amide bonds. The molecule has 2 aromatic carbocycles. The molecule has 32 heavy (non-hydrogen) atoms. The van der Waals surface area contributed by atoms with Crippen molar-refractivity contribution in [3.63, 3.8) is 0 Å². The minimum Gasteiger partial charge on any atom is -0.283 e. The number of amides is 1. The number of aryl methyl sites for hydroxylation is 2. The zero-order valence-corrected chi connectivity index (χ0v) is 20.6. The third-order valence-electron chi connectivity index (χ3n) is 5.83. The Morgan fingerprint density at radius 3 is 2.22 bits per heavy atom. The van der Waals surface area contributed by atoms with Crippen molar-refractivity contribution in [1.82, 2.24) is 20.2 Å². The third-order valence-corrected chi connectivity index (χ3v) is 6.58. The molecule has 0 atom stereocenters. The van der Waals surface area contributed by atoms with Crippen LogP contribution in [0.2, 0.25) is 15.1 Å². The quantitative estimate of drug-likeness (QED) is 0.450.